The SMILES string of the molecule is CON([O-])C1C=C2C(=CC=C1C)N([O-])ON2[O-]. The van der Waals surface area contributed by atoms with Crippen molar-refractivity contribution >= 4 is 0 Å². The van der Waals surface area contributed by atoms with Gasteiger partial charge in [0.15, 0.2) is 0 Å². The van der Waals surface area contributed by atoms with Crippen LogP contribution in [0.4, 0.5) is 0 Å². The van der Waals surface area contributed by atoms with Crippen molar-refractivity contribution in [2.24, 2.45) is 0 Å². The van der Waals surface area contributed by atoms with Gasteiger partial charge in [-0.15, -0.1) is 0 Å². The highest BCUT2D eigenvalue weighted by atomic mass is 17.1. The van der Waals surface area contributed by atoms with Gasteiger partial charge in [-0.2, -0.15) is 4.94 Å². The molecule has 0 aromatic heterocycles. The lowest BCUT2D eigenvalue weighted by Crippen LogP contribution is -2.29. The van der Waals surface area contributed by atoms with Crippen LogP contribution in [0.15, 0.2) is 35.2 Å². The van der Waals surface area contributed by atoms with Crippen LogP contribution in [0.1, 0.15) is 6.92 Å². The topological polar surface area (TPSA) is 97.4 Å². The minimum Gasteiger partial charge on any atom is -0.761 e. The Bertz CT molecular complexity index is 405. The van der Waals surface area contributed by atoms with Gasteiger partial charge in [0, 0.05) is 0 Å². The van der Waals surface area contributed by atoms with E-state index in [0.717, 1.165) is 0 Å². The number of hydrogen-bond donors (Lipinski definition) is 0. The summed E-state index contributed by atoms with van der Waals surface area (Å²) in [6, 6.07) is -0.782. The molecule has 0 N–H and O–H groups in total. The molecule has 0 saturated carbocycles. The van der Waals surface area contributed by atoms with Crippen molar-refractivity contribution in [2.75, 3.05) is 7.11 Å². The van der Waals surface area contributed by atoms with E-state index in [2.05, 4.69) is 9.78 Å². The molecule has 0 radical (unpaired) electrons. The molecule has 0 spiro atoms. The van der Waals surface area contributed by atoms with Crippen molar-refractivity contribution in [1.82, 2.24) is 15.7 Å². The Morgan fingerprint density at radius 2 is 1.94 bits per heavy atom. The van der Waals surface area contributed by atoms with Gasteiger partial charge in [-0.1, -0.05) is 11.6 Å². The predicted octanol–water partition coefficient (Wildman–Crippen LogP) is 0.904. The fourth-order valence-corrected chi connectivity index (χ4v) is 1.57. The molecular formula is C9H10N3O5-3. The third-order valence-corrected chi connectivity index (χ3v) is 2.50. The summed E-state index contributed by atoms with van der Waals surface area (Å²) in [7, 11) is 1.22. The molecular weight excluding hydrogens is 230 g/mol. The van der Waals surface area contributed by atoms with Crippen LogP contribution in [0.2, 0.25) is 0 Å². The summed E-state index contributed by atoms with van der Waals surface area (Å²) < 4.78 is 0. The van der Waals surface area contributed by atoms with Crippen LogP contribution in [0.3, 0.4) is 0 Å². The molecule has 1 saturated heterocycles. The fraction of sp³-hybridized carbons (Fsp3) is 0.333. The van der Waals surface area contributed by atoms with Gasteiger partial charge in [-0.25, -0.2) is 0 Å². The van der Waals surface area contributed by atoms with Crippen LogP contribution >= 0.6 is 0 Å². The Morgan fingerprint density at radius 1 is 1.29 bits per heavy atom. The first-order chi connectivity index (χ1) is 8.04. The molecule has 2 rings (SSSR count). The number of rotatable bonds is 2. The zero-order chi connectivity index (χ0) is 12.6. The minimum atomic E-state index is -0.782. The quantitative estimate of drug-likeness (QED) is 0.656. The maximum Gasteiger partial charge on any atom is 0.0781 e. The van der Waals surface area contributed by atoms with Crippen molar-refractivity contribution in [2.45, 2.75) is 13.0 Å². The second kappa shape index (κ2) is 4.45. The fourth-order valence-electron chi connectivity index (χ4n) is 1.57. The van der Waals surface area contributed by atoms with Gasteiger partial charge in [-0.05, 0) is 19.1 Å². The van der Waals surface area contributed by atoms with E-state index in [-0.39, 0.29) is 21.8 Å². The van der Waals surface area contributed by atoms with Crippen molar-refractivity contribution in [3.05, 3.63) is 50.8 Å². The molecule has 0 amide bonds. The van der Waals surface area contributed by atoms with E-state index >= 15 is 0 Å². The third-order valence-electron chi connectivity index (χ3n) is 2.50. The third kappa shape index (κ3) is 2.05. The zero-order valence-electron chi connectivity index (χ0n) is 9.19. The highest BCUT2D eigenvalue weighted by Crippen LogP contribution is 2.31. The molecule has 1 aliphatic carbocycles. The van der Waals surface area contributed by atoms with Gasteiger partial charge in [0.1, 0.15) is 0 Å². The van der Waals surface area contributed by atoms with Crippen LogP contribution in [0, 0.1) is 15.6 Å². The molecule has 1 atom stereocenters. The summed E-state index contributed by atoms with van der Waals surface area (Å²) in [5.41, 5.74) is 0.667. The van der Waals surface area contributed by atoms with E-state index in [1.807, 2.05) is 0 Å². The number of allylic oxidation sites excluding steroid dienone is 2. The van der Waals surface area contributed by atoms with E-state index in [4.69, 9.17) is 0 Å². The van der Waals surface area contributed by atoms with Crippen LogP contribution < -0.4 is 0 Å². The summed E-state index contributed by atoms with van der Waals surface area (Å²) in [4.78, 5) is 8.83. The van der Waals surface area contributed by atoms with Crippen LogP contribution in [0.5, 0.6) is 0 Å². The second-order valence-corrected chi connectivity index (χ2v) is 3.52. The highest BCUT2D eigenvalue weighted by molar-refractivity contribution is 5.40. The van der Waals surface area contributed by atoms with Crippen molar-refractivity contribution < 1.29 is 9.78 Å². The van der Waals surface area contributed by atoms with E-state index in [1.165, 1.54) is 19.3 Å². The van der Waals surface area contributed by atoms with Gasteiger partial charge >= 0.3 is 0 Å². The lowest BCUT2D eigenvalue weighted by atomic mass is 10.1. The molecule has 1 fully saturated rings. The minimum absolute atomic E-state index is 0.0176. The van der Waals surface area contributed by atoms with Crippen molar-refractivity contribution in [1.29, 1.82) is 0 Å². The number of hydroxylamine groups is 6. The van der Waals surface area contributed by atoms with Crippen LogP contribution in [0.25, 0.3) is 0 Å². The van der Waals surface area contributed by atoms with Gasteiger partial charge in [0.25, 0.3) is 0 Å². The summed E-state index contributed by atoms with van der Waals surface area (Å²) >= 11 is 0. The summed E-state index contributed by atoms with van der Waals surface area (Å²) in [6.45, 7) is 1.69. The summed E-state index contributed by atoms with van der Waals surface area (Å²) in [5, 5.41) is 34.4. The van der Waals surface area contributed by atoms with E-state index in [0.29, 0.717) is 10.8 Å². The molecule has 1 unspecified atom stereocenters. The lowest BCUT2D eigenvalue weighted by molar-refractivity contribution is -0.207. The number of fused-ring (bicyclic) bond motifs is 1. The first-order valence-electron chi connectivity index (χ1n) is 4.78. The molecule has 0 bridgehead atoms. The van der Waals surface area contributed by atoms with Gasteiger partial charge in [-0.3, -0.25) is 15.7 Å². The molecule has 1 aliphatic heterocycles. The Labute approximate surface area is 97.2 Å². The van der Waals surface area contributed by atoms with Crippen LogP contribution in [-0.4, -0.2) is 28.8 Å². The van der Waals surface area contributed by atoms with E-state index in [1.54, 1.807) is 13.0 Å². The molecule has 0 aromatic rings. The smallest absolute Gasteiger partial charge is 0.0781 e. The standard InChI is InChI=1S/C9H10N3O5/c1-6-3-4-7-9(12(15)17-11(7)14)5-8(6)10(13)16-2/h3-5,8H,1-2H3/q-3. The molecule has 2 aliphatic rings. The zero-order valence-corrected chi connectivity index (χ0v) is 9.19. The van der Waals surface area contributed by atoms with E-state index in [9.17, 15) is 15.6 Å². The first-order valence-corrected chi connectivity index (χ1v) is 4.78. The predicted molar refractivity (Wildman–Crippen MR) is 57.4 cm³/mol. The number of nitrogens with zero attached hydrogens (tertiary/aromatic N) is 3. The Balaban J connectivity index is 2.39. The Morgan fingerprint density at radius 3 is 2.59 bits per heavy atom. The first kappa shape index (κ1) is 12.0. The normalized spacial score (nSPS) is 24.4. The largest absolute Gasteiger partial charge is 0.761 e. The lowest BCUT2D eigenvalue weighted by Gasteiger charge is -2.33. The maximum atomic E-state index is 11.4. The summed E-state index contributed by atoms with van der Waals surface area (Å²) in [6.07, 6.45) is 4.28. The van der Waals surface area contributed by atoms with Crippen molar-refractivity contribution in [3.63, 3.8) is 0 Å². The van der Waals surface area contributed by atoms with Crippen LogP contribution in [-0.2, 0) is 9.78 Å². The second-order valence-electron chi connectivity index (χ2n) is 3.52. The average molecular weight is 240 g/mol. The average Bonchev–Trinajstić information content (AvgIpc) is 2.48. The van der Waals surface area contributed by atoms with Crippen molar-refractivity contribution in [3.8, 4) is 0 Å². The van der Waals surface area contributed by atoms with Gasteiger partial charge < -0.3 is 20.5 Å². The van der Waals surface area contributed by atoms with Gasteiger partial charge in [0.05, 0.1) is 24.5 Å². The Kier molecular flexibility index (Phi) is 3.15. The van der Waals surface area contributed by atoms with E-state index < -0.39 is 6.04 Å². The molecule has 0 aromatic carbocycles. The summed E-state index contributed by atoms with van der Waals surface area (Å²) in [5.74, 6) is 0. The molecule has 17 heavy (non-hydrogen) atoms. The highest BCUT2D eigenvalue weighted by Gasteiger charge is 2.24. The maximum absolute atomic E-state index is 11.4. The monoisotopic (exact) mass is 240 g/mol. The molecule has 8 heteroatoms. The molecule has 8 nitrogen and oxygen atoms in total. The Hall–Kier alpha value is -1.42. The number of hydrogen-bond acceptors (Lipinski definition) is 8. The molecule has 94 valence electrons. The van der Waals surface area contributed by atoms with Gasteiger partial charge in [0.2, 0.25) is 0 Å². The molecule has 1 heterocycles.